The Morgan fingerprint density at radius 3 is 3.07 bits per heavy atom. The van der Waals surface area contributed by atoms with Gasteiger partial charge in [-0.15, -0.1) is 10.2 Å². The van der Waals surface area contributed by atoms with Crippen molar-refractivity contribution in [3.05, 3.63) is 24.5 Å². The molecule has 72 valence electrons. The van der Waals surface area contributed by atoms with Gasteiger partial charge >= 0.3 is 0 Å². The number of rotatable bonds is 3. The lowest BCUT2D eigenvalue weighted by Gasteiger charge is -1.90. The molecule has 0 saturated carbocycles. The van der Waals surface area contributed by atoms with Gasteiger partial charge in [0.2, 0.25) is 5.89 Å². The molecule has 2 aromatic heterocycles. The van der Waals surface area contributed by atoms with Crippen LogP contribution in [0.4, 0.5) is 0 Å². The van der Waals surface area contributed by atoms with E-state index >= 15 is 0 Å². The predicted molar refractivity (Wildman–Crippen MR) is 53.9 cm³/mol. The van der Waals surface area contributed by atoms with E-state index in [1.54, 1.807) is 12.4 Å². The maximum absolute atomic E-state index is 5.41. The third-order valence-corrected chi connectivity index (χ3v) is 2.28. The van der Waals surface area contributed by atoms with E-state index < -0.39 is 0 Å². The second kappa shape index (κ2) is 4.23. The second-order valence-electron chi connectivity index (χ2n) is 2.55. The Kier molecular flexibility index (Phi) is 2.78. The highest BCUT2D eigenvalue weighted by Crippen LogP contribution is 2.21. The molecule has 0 atom stereocenters. The zero-order chi connectivity index (χ0) is 9.80. The zero-order valence-corrected chi connectivity index (χ0v) is 8.49. The Bertz CT molecular complexity index is 401. The van der Waals surface area contributed by atoms with Gasteiger partial charge in [-0.2, -0.15) is 0 Å². The van der Waals surface area contributed by atoms with Crippen LogP contribution in [0.15, 0.2) is 34.2 Å². The molecule has 0 amide bonds. The van der Waals surface area contributed by atoms with Crippen LogP contribution in [-0.2, 0) is 0 Å². The van der Waals surface area contributed by atoms with Crippen LogP contribution in [0.2, 0.25) is 0 Å². The first-order valence-electron chi connectivity index (χ1n) is 4.27. The maximum atomic E-state index is 5.41. The smallest absolute Gasteiger partial charge is 0.276 e. The molecule has 0 saturated heterocycles. The van der Waals surface area contributed by atoms with Crippen LogP contribution in [0, 0.1) is 0 Å². The van der Waals surface area contributed by atoms with E-state index in [9.17, 15) is 0 Å². The molecule has 5 heteroatoms. The number of aromatic nitrogens is 3. The first-order chi connectivity index (χ1) is 6.90. The molecule has 2 rings (SSSR count). The van der Waals surface area contributed by atoms with Crippen LogP contribution in [0.3, 0.4) is 0 Å². The van der Waals surface area contributed by atoms with E-state index in [1.807, 2.05) is 19.1 Å². The van der Waals surface area contributed by atoms with E-state index in [1.165, 1.54) is 11.8 Å². The maximum Gasteiger partial charge on any atom is 0.276 e. The molecule has 14 heavy (non-hydrogen) atoms. The fourth-order valence-corrected chi connectivity index (χ4v) is 1.48. The Morgan fingerprint density at radius 1 is 1.43 bits per heavy atom. The van der Waals surface area contributed by atoms with Gasteiger partial charge in [-0.25, -0.2) is 0 Å². The summed E-state index contributed by atoms with van der Waals surface area (Å²) in [6.07, 6.45) is 3.41. The summed E-state index contributed by atoms with van der Waals surface area (Å²) in [5.74, 6) is 1.45. The first kappa shape index (κ1) is 9.21. The molecule has 0 aliphatic heterocycles. The summed E-state index contributed by atoms with van der Waals surface area (Å²) < 4.78 is 5.41. The molecule has 0 N–H and O–H groups in total. The van der Waals surface area contributed by atoms with Crippen LogP contribution in [0.5, 0.6) is 0 Å². The van der Waals surface area contributed by atoms with Crippen molar-refractivity contribution in [1.29, 1.82) is 0 Å². The molecule has 4 nitrogen and oxygen atoms in total. The molecule has 0 aliphatic rings. The molecule has 0 aromatic carbocycles. The normalized spacial score (nSPS) is 10.4. The average molecular weight is 207 g/mol. The highest BCUT2D eigenvalue weighted by atomic mass is 32.2. The molecular weight excluding hydrogens is 198 g/mol. The Morgan fingerprint density at radius 2 is 2.36 bits per heavy atom. The molecular formula is C9H9N3OS. The SMILES string of the molecule is CCSc1nnc(-c2cccnc2)o1. The van der Waals surface area contributed by atoms with Gasteiger partial charge in [-0.3, -0.25) is 4.98 Å². The standard InChI is InChI=1S/C9H9N3OS/c1-2-14-9-12-11-8(13-9)7-4-3-5-10-6-7/h3-6H,2H2,1H3. The van der Waals surface area contributed by atoms with Crippen molar-refractivity contribution in [3.63, 3.8) is 0 Å². The van der Waals surface area contributed by atoms with Crippen molar-refractivity contribution in [3.8, 4) is 11.5 Å². The summed E-state index contributed by atoms with van der Waals surface area (Å²) in [5, 5.41) is 8.43. The van der Waals surface area contributed by atoms with E-state index in [2.05, 4.69) is 15.2 Å². The molecule has 0 aliphatic carbocycles. The van der Waals surface area contributed by atoms with Crippen molar-refractivity contribution >= 4 is 11.8 Å². The molecule has 0 fully saturated rings. The van der Waals surface area contributed by atoms with E-state index in [0.717, 1.165) is 11.3 Å². The Balaban J connectivity index is 2.25. The number of pyridine rings is 1. The molecule has 0 bridgehead atoms. The van der Waals surface area contributed by atoms with Gasteiger partial charge in [-0.1, -0.05) is 18.7 Å². The molecule has 0 spiro atoms. The quantitative estimate of drug-likeness (QED) is 0.722. The zero-order valence-electron chi connectivity index (χ0n) is 7.67. The minimum atomic E-state index is 0.522. The van der Waals surface area contributed by atoms with Crippen LogP contribution in [0.1, 0.15) is 6.92 Å². The first-order valence-corrected chi connectivity index (χ1v) is 5.25. The summed E-state index contributed by atoms with van der Waals surface area (Å²) in [7, 11) is 0. The second-order valence-corrected chi connectivity index (χ2v) is 3.76. The van der Waals surface area contributed by atoms with Crippen molar-refractivity contribution in [2.75, 3.05) is 5.75 Å². The predicted octanol–water partition coefficient (Wildman–Crippen LogP) is 2.24. The number of nitrogens with zero attached hydrogens (tertiary/aromatic N) is 3. The highest BCUT2D eigenvalue weighted by Gasteiger charge is 2.07. The lowest BCUT2D eigenvalue weighted by molar-refractivity contribution is 0.466. The van der Waals surface area contributed by atoms with Crippen LogP contribution < -0.4 is 0 Å². The van der Waals surface area contributed by atoms with Crippen molar-refractivity contribution < 1.29 is 4.42 Å². The van der Waals surface area contributed by atoms with Crippen LogP contribution in [0.25, 0.3) is 11.5 Å². The lowest BCUT2D eigenvalue weighted by Crippen LogP contribution is -1.78. The van der Waals surface area contributed by atoms with Crippen LogP contribution >= 0.6 is 11.8 Å². The van der Waals surface area contributed by atoms with Crippen molar-refractivity contribution in [2.45, 2.75) is 12.1 Å². The van der Waals surface area contributed by atoms with Gasteiger partial charge in [0.05, 0.1) is 5.56 Å². The molecule has 2 heterocycles. The Labute approximate surface area is 85.8 Å². The minimum Gasteiger partial charge on any atom is -0.411 e. The van der Waals surface area contributed by atoms with Gasteiger partial charge in [0.15, 0.2) is 0 Å². The number of thioether (sulfide) groups is 1. The van der Waals surface area contributed by atoms with Crippen molar-refractivity contribution in [2.24, 2.45) is 0 Å². The van der Waals surface area contributed by atoms with E-state index in [4.69, 9.17) is 4.42 Å². The lowest BCUT2D eigenvalue weighted by atomic mass is 10.3. The van der Waals surface area contributed by atoms with Gasteiger partial charge < -0.3 is 4.42 Å². The van der Waals surface area contributed by atoms with Crippen molar-refractivity contribution in [1.82, 2.24) is 15.2 Å². The summed E-state index contributed by atoms with van der Waals surface area (Å²) in [6.45, 7) is 2.04. The van der Waals surface area contributed by atoms with Gasteiger partial charge in [-0.05, 0) is 17.9 Å². The van der Waals surface area contributed by atoms with Crippen LogP contribution in [-0.4, -0.2) is 20.9 Å². The topological polar surface area (TPSA) is 51.8 Å². The fraction of sp³-hybridized carbons (Fsp3) is 0.222. The number of hydrogen-bond donors (Lipinski definition) is 0. The third-order valence-electron chi connectivity index (χ3n) is 1.58. The van der Waals surface area contributed by atoms with Gasteiger partial charge in [0, 0.05) is 12.4 Å². The van der Waals surface area contributed by atoms with E-state index in [-0.39, 0.29) is 0 Å². The fourth-order valence-electron chi connectivity index (χ4n) is 0.997. The summed E-state index contributed by atoms with van der Waals surface area (Å²) in [6, 6.07) is 3.73. The number of hydrogen-bond acceptors (Lipinski definition) is 5. The minimum absolute atomic E-state index is 0.522. The highest BCUT2D eigenvalue weighted by molar-refractivity contribution is 7.99. The summed E-state index contributed by atoms with van der Waals surface area (Å²) >= 11 is 1.53. The summed E-state index contributed by atoms with van der Waals surface area (Å²) in [4.78, 5) is 3.98. The Hall–Kier alpha value is -1.36. The van der Waals surface area contributed by atoms with Gasteiger partial charge in [0.25, 0.3) is 5.22 Å². The van der Waals surface area contributed by atoms with E-state index in [0.29, 0.717) is 11.1 Å². The third kappa shape index (κ3) is 1.93. The average Bonchev–Trinajstić information content (AvgIpc) is 2.68. The molecule has 0 radical (unpaired) electrons. The monoisotopic (exact) mass is 207 g/mol. The molecule has 2 aromatic rings. The molecule has 0 unspecified atom stereocenters. The van der Waals surface area contributed by atoms with Gasteiger partial charge in [0.1, 0.15) is 0 Å². The summed E-state index contributed by atoms with van der Waals surface area (Å²) in [5.41, 5.74) is 0.850. The largest absolute Gasteiger partial charge is 0.411 e.